The SMILES string of the molecule is c1nnc(-c2ccc(NCc3ccsc3)cc2)o1. The van der Waals surface area contributed by atoms with Gasteiger partial charge in [0.15, 0.2) is 0 Å². The average Bonchev–Trinajstić information content (AvgIpc) is 3.10. The van der Waals surface area contributed by atoms with Crippen LogP contribution in [0.3, 0.4) is 0 Å². The zero-order valence-electron chi connectivity index (χ0n) is 9.54. The van der Waals surface area contributed by atoms with Gasteiger partial charge in [-0.25, -0.2) is 0 Å². The van der Waals surface area contributed by atoms with Gasteiger partial charge in [0.1, 0.15) is 0 Å². The normalized spacial score (nSPS) is 10.4. The average molecular weight is 257 g/mol. The van der Waals surface area contributed by atoms with Gasteiger partial charge in [0.25, 0.3) is 0 Å². The van der Waals surface area contributed by atoms with Gasteiger partial charge in [0, 0.05) is 17.8 Å². The first kappa shape index (κ1) is 11.0. The number of benzene rings is 1. The van der Waals surface area contributed by atoms with Crippen molar-refractivity contribution >= 4 is 17.0 Å². The molecule has 0 aliphatic carbocycles. The third-order valence-corrected chi connectivity index (χ3v) is 3.30. The molecule has 3 aromatic rings. The van der Waals surface area contributed by atoms with Gasteiger partial charge >= 0.3 is 0 Å². The van der Waals surface area contributed by atoms with Crippen LogP contribution in [0.25, 0.3) is 11.5 Å². The molecule has 0 fully saturated rings. The summed E-state index contributed by atoms with van der Waals surface area (Å²) >= 11 is 1.71. The van der Waals surface area contributed by atoms with Gasteiger partial charge in [-0.05, 0) is 46.7 Å². The Labute approximate surface area is 108 Å². The minimum absolute atomic E-state index is 0.541. The van der Waals surface area contributed by atoms with Gasteiger partial charge in [0.05, 0.1) is 0 Å². The molecule has 2 heterocycles. The number of anilines is 1. The van der Waals surface area contributed by atoms with Crippen molar-refractivity contribution < 1.29 is 4.42 Å². The number of rotatable bonds is 4. The number of hydrogen-bond donors (Lipinski definition) is 1. The molecule has 0 amide bonds. The van der Waals surface area contributed by atoms with E-state index in [1.54, 1.807) is 11.3 Å². The summed E-state index contributed by atoms with van der Waals surface area (Å²) in [5, 5.41) is 15.1. The summed E-state index contributed by atoms with van der Waals surface area (Å²) < 4.78 is 5.14. The van der Waals surface area contributed by atoms with Crippen LogP contribution < -0.4 is 5.32 Å². The molecule has 0 radical (unpaired) electrons. The third-order valence-electron chi connectivity index (χ3n) is 2.57. The Bertz CT molecular complexity index is 588. The summed E-state index contributed by atoms with van der Waals surface area (Å²) in [7, 11) is 0. The molecular formula is C13H11N3OS. The van der Waals surface area contributed by atoms with E-state index < -0.39 is 0 Å². The molecule has 5 heteroatoms. The monoisotopic (exact) mass is 257 g/mol. The lowest BCUT2D eigenvalue weighted by Gasteiger charge is -2.05. The lowest BCUT2D eigenvalue weighted by molar-refractivity contribution is 0.568. The molecule has 0 atom stereocenters. The van der Waals surface area contributed by atoms with Crippen molar-refractivity contribution in [3.05, 3.63) is 53.0 Å². The van der Waals surface area contributed by atoms with E-state index in [2.05, 4.69) is 32.3 Å². The summed E-state index contributed by atoms with van der Waals surface area (Å²) in [5.41, 5.74) is 3.29. The van der Waals surface area contributed by atoms with Crippen LogP contribution in [0.1, 0.15) is 5.56 Å². The Morgan fingerprint density at radius 2 is 2.06 bits per heavy atom. The highest BCUT2D eigenvalue weighted by Gasteiger charge is 2.02. The summed E-state index contributed by atoms with van der Waals surface area (Å²) in [5.74, 6) is 0.541. The maximum absolute atomic E-state index is 5.14. The van der Waals surface area contributed by atoms with Crippen LogP contribution >= 0.6 is 11.3 Å². The number of hydrogen-bond acceptors (Lipinski definition) is 5. The Balaban J connectivity index is 1.68. The van der Waals surface area contributed by atoms with Crippen LogP contribution in [0.5, 0.6) is 0 Å². The van der Waals surface area contributed by atoms with Crippen LogP contribution in [-0.4, -0.2) is 10.2 Å². The van der Waals surface area contributed by atoms with Crippen LogP contribution in [0, 0.1) is 0 Å². The lowest BCUT2D eigenvalue weighted by Crippen LogP contribution is -1.97. The van der Waals surface area contributed by atoms with Gasteiger partial charge < -0.3 is 9.73 Å². The fourth-order valence-corrected chi connectivity index (χ4v) is 2.30. The van der Waals surface area contributed by atoms with Crippen molar-refractivity contribution in [1.29, 1.82) is 0 Å². The van der Waals surface area contributed by atoms with Gasteiger partial charge in [-0.3, -0.25) is 0 Å². The van der Waals surface area contributed by atoms with E-state index in [0.29, 0.717) is 5.89 Å². The van der Waals surface area contributed by atoms with Gasteiger partial charge in [-0.1, -0.05) is 0 Å². The molecule has 4 nitrogen and oxygen atoms in total. The molecule has 18 heavy (non-hydrogen) atoms. The quantitative estimate of drug-likeness (QED) is 0.778. The molecule has 3 rings (SSSR count). The highest BCUT2D eigenvalue weighted by molar-refractivity contribution is 7.07. The second kappa shape index (κ2) is 5.01. The standard InChI is InChI=1S/C13H11N3OS/c1-3-12(14-7-10-5-6-18-8-10)4-2-11(1)13-16-15-9-17-13/h1-6,8-9,14H,7H2. The number of nitrogens with zero attached hydrogens (tertiary/aromatic N) is 2. The van der Waals surface area contributed by atoms with E-state index in [0.717, 1.165) is 17.8 Å². The molecule has 2 aromatic heterocycles. The lowest BCUT2D eigenvalue weighted by atomic mass is 10.2. The first-order valence-electron chi connectivity index (χ1n) is 5.53. The van der Waals surface area contributed by atoms with Crippen LogP contribution in [-0.2, 0) is 6.54 Å². The molecule has 0 aliphatic rings. The van der Waals surface area contributed by atoms with Crippen molar-refractivity contribution in [1.82, 2.24) is 10.2 Å². The summed E-state index contributed by atoms with van der Waals surface area (Å²) in [6.45, 7) is 0.837. The maximum Gasteiger partial charge on any atom is 0.247 e. The molecule has 0 spiro atoms. The van der Waals surface area contributed by atoms with Crippen molar-refractivity contribution in [3.8, 4) is 11.5 Å². The van der Waals surface area contributed by atoms with Gasteiger partial charge in [-0.2, -0.15) is 11.3 Å². The van der Waals surface area contributed by atoms with Crippen molar-refractivity contribution in [3.63, 3.8) is 0 Å². The highest BCUT2D eigenvalue weighted by atomic mass is 32.1. The first-order chi connectivity index (χ1) is 8.92. The second-order valence-electron chi connectivity index (χ2n) is 3.81. The minimum atomic E-state index is 0.541. The summed E-state index contributed by atoms with van der Waals surface area (Å²) in [6.07, 6.45) is 1.33. The van der Waals surface area contributed by atoms with E-state index in [1.807, 2.05) is 24.3 Å². The van der Waals surface area contributed by atoms with Crippen molar-refractivity contribution in [2.24, 2.45) is 0 Å². The maximum atomic E-state index is 5.14. The molecule has 0 aliphatic heterocycles. The molecule has 1 aromatic carbocycles. The summed E-state index contributed by atoms with van der Waals surface area (Å²) in [4.78, 5) is 0. The predicted molar refractivity (Wildman–Crippen MR) is 71.4 cm³/mol. The topological polar surface area (TPSA) is 51.0 Å². The van der Waals surface area contributed by atoms with Crippen LogP contribution in [0.15, 0.2) is 51.9 Å². The Morgan fingerprint density at radius 1 is 1.17 bits per heavy atom. The predicted octanol–water partition coefficient (Wildman–Crippen LogP) is 3.41. The minimum Gasteiger partial charge on any atom is -0.423 e. The molecular weight excluding hydrogens is 246 g/mol. The van der Waals surface area contributed by atoms with Crippen LogP contribution in [0.4, 0.5) is 5.69 Å². The van der Waals surface area contributed by atoms with E-state index >= 15 is 0 Å². The van der Waals surface area contributed by atoms with Crippen LogP contribution in [0.2, 0.25) is 0 Å². The molecule has 0 saturated carbocycles. The Kier molecular flexibility index (Phi) is 3.06. The molecule has 1 N–H and O–H groups in total. The van der Waals surface area contributed by atoms with Gasteiger partial charge in [0.2, 0.25) is 12.3 Å². The zero-order chi connectivity index (χ0) is 12.2. The molecule has 0 bridgehead atoms. The fourth-order valence-electron chi connectivity index (χ4n) is 1.63. The van der Waals surface area contributed by atoms with E-state index in [-0.39, 0.29) is 0 Å². The number of nitrogens with one attached hydrogen (secondary N) is 1. The Hall–Kier alpha value is -2.14. The number of thiophene rings is 1. The molecule has 0 saturated heterocycles. The molecule has 0 unspecified atom stereocenters. The van der Waals surface area contributed by atoms with Crippen molar-refractivity contribution in [2.45, 2.75) is 6.54 Å². The zero-order valence-corrected chi connectivity index (χ0v) is 10.4. The van der Waals surface area contributed by atoms with E-state index in [4.69, 9.17) is 4.42 Å². The van der Waals surface area contributed by atoms with E-state index in [1.165, 1.54) is 12.0 Å². The second-order valence-corrected chi connectivity index (χ2v) is 4.59. The summed E-state index contributed by atoms with van der Waals surface area (Å²) in [6, 6.07) is 10.1. The third kappa shape index (κ3) is 2.41. The van der Waals surface area contributed by atoms with Crippen molar-refractivity contribution in [2.75, 3.05) is 5.32 Å². The largest absolute Gasteiger partial charge is 0.423 e. The van der Waals surface area contributed by atoms with E-state index in [9.17, 15) is 0 Å². The Morgan fingerprint density at radius 3 is 2.72 bits per heavy atom. The smallest absolute Gasteiger partial charge is 0.247 e. The van der Waals surface area contributed by atoms with Gasteiger partial charge in [-0.15, -0.1) is 10.2 Å². The number of aromatic nitrogens is 2. The fraction of sp³-hybridized carbons (Fsp3) is 0.0769. The first-order valence-corrected chi connectivity index (χ1v) is 6.48. The molecule has 90 valence electrons. The highest BCUT2D eigenvalue weighted by Crippen LogP contribution is 2.19.